The van der Waals surface area contributed by atoms with E-state index in [9.17, 15) is 4.39 Å². The van der Waals surface area contributed by atoms with E-state index in [1.807, 2.05) is 31.2 Å². The highest BCUT2D eigenvalue weighted by Crippen LogP contribution is 2.25. The molecule has 0 amide bonds. The highest BCUT2D eigenvalue weighted by Gasteiger charge is 2.11. The first-order valence-electron chi connectivity index (χ1n) is 8.32. The zero-order chi connectivity index (χ0) is 19.2. The Balaban J connectivity index is 1.66. The van der Waals surface area contributed by atoms with Crippen molar-refractivity contribution in [2.24, 2.45) is 0 Å². The lowest BCUT2D eigenvalue weighted by Gasteiger charge is -2.13. The molecule has 3 rings (SSSR count). The number of nitrogens with one attached hydrogen (secondary N) is 2. The van der Waals surface area contributed by atoms with E-state index in [0.29, 0.717) is 34.9 Å². The molecule has 1 aromatic heterocycles. The van der Waals surface area contributed by atoms with E-state index < -0.39 is 0 Å². The van der Waals surface area contributed by atoms with Gasteiger partial charge in [-0.2, -0.15) is 5.10 Å². The molecule has 0 aliphatic heterocycles. The first-order valence-corrected chi connectivity index (χ1v) is 9.11. The van der Waals surface area contributed by atoms with Gasteiger partial charge in [0.2, 0.25) is 0 Å². The molecule has 0 atom stereocenters. The molecule has 0 aliphatic rings. The monoisotopic (exact) mass is 404 g/mol. The molecule has 0 saturated carbocycles. The lowest BCUT2D eigenvalue weighted by molar-refractivity contribution is 0.342. The summed E-state index contributed by atoms with van der Waals surface area (Å²) in [5.74, 6) is 0.866. The number of thiocarbonyl (C=S) groups is 1. The average Bonchev–Trinajstić information content (AvgIpc) is 2.98. The number of benzene rings is 2. The fraction of sp³-hybridized carbons (Fsp3) is 0.158. The van der Waals surface area contributed by atoms with Crippen molar-refractivity contribution in [2.75, 3.05) is 17.2 Å². The van der Waals surface area contributed by atoms with Crippen molar-refractivity contribution in [3.8, 4) is 5.75 Å². The second-order valence-corrected chi connectivity index (χ2v) is 6.47. The van der Waals surface area contributed by atoms with Crippen LogP contribution in [-0.2, 0) is 6.54 Å². The number of nitrogens with zero attached hydrogens (tertiary/aromatic N) is 2. The van der Waals surface area contributed by atoms with Crippen LogP contribution in [0.3, 0.4) is 0 Å². The zero-order valence-electron chi connectivity index (χ0n) is 14.6. The molecule has 140 valence electrons. The third-order valence-electron chi connectivity index (χ3n) is 3.64. The molecule has 1 heterocycles. The van der Waals surface area contributed by atoms with Crippen LogP contribution in [0.25, 0.3) is 0 Å². The van der Waals surface area contributed by atoms with Crippen LogP contribution in [-0.4, -0.2) is 21.5 Å². The largest absolute Gasteiger partial charge is 0.492 e. The van der Waals surface area contributed by atoms with Gasteiger partial charge in [0.05, 0.1) is 18.8 Å². The van der Waals surface area contributed by atoms with Gasteiger partial charge in [0.25, 0.3) is 0 Å². The van der Waals surface area contributed by atoms with Gasteiger partial charge in [0.1, 0.15) is 16.6 Å². The van der Waals surface area contributed by atoms with Gasteiger partial charge < -0.3 is 15.4 Å². The average molecular weight is 405 g/mol. The first kappa shape index (κ1) is 19.1. The van der Waals surface area contributed by atoms with Crippen LogP contribution >= 0.6 is 23.8 Å². The molecule has 0 fully saturated rings. The van der Waals surface area contributed by atoms with E-state index >= 15 is 0 Å². The minimum Gasteiger partial charge on any atom is -0.492 e. The van der Waals surface area contributed by atoms with E-state index in [1.165, 1.54) is 12.1 Å². The summed E-state index contributed by atoms with van der Waals surface area (Å²) in [6, 6.07) is 13.7. The molecule has 2 aromatic carbocycles. The molecule has 27 heavy (non-hydrogen) atoms. The second kappa shape index (κ2) is 8.83. The Kier molecular flexibility index (Phi) is 6.26. The van der Waals surface area contributed by atoms with Crippen molar-refractivity contribution in [1.29, 1.82) is 0 Å². The Bertz CT molecular complexity index is 930. The quantitative estimate of drug-likeness (QED) is 0.570. The van der Waals surface area contributed by atoms with Crippen LogP contribution in [0.15, 0.2) is 54.7 Å². The van der Waals surface area contributed by atoms with Crippen molar-refractivity contribution in [2.45, 2.75) is 13.5 Å². The summed E-state index contributed by atoms with van der Waals surface area (Å²) in [4.78, 5) is 0. The summed E-state index contributed by atoms with van der Waals surface area (Å²) in [6.07, 6.45) is 1.68. The van der Waals surface area contributed by atoms with Crippen molar-refractivity contribution in [1.82, 2.24) is 9.78 Å². The van der Waals surface area contributed by atoms with Gasteiger partial charge in [0, 0.05) is 6.20 Å². The van der Waals surface area contributed by atoms with Gasteiger partial charge in [0.15, 0.2) is 10.9 Å². The van der Waals surface area contributed by atoms with Gasteiger partial charge in [-0.1, -0.05) is 35.9 Å². The Morgan fingerprint density at radius 2 is 1.93 bits per heavy atom. The standard InChI is InChI=1S/C19H18ClFN4OS/c1-2-26-17-6-4-3-5-16(17)22-19(27)23-18-15(20)12-25(24-18)11-13-7-9-14(21)10-8-13/h3-10,12H,2,11H2,1H3,(H2,22,23,24,27). The minimum atomic E-state index is -0.275. The molecule has 0 spiro atoms. The van der Waals surface area contributed by atoms with E-state index in [0.717, 1.165) is 11.3 Å². The number of rotatable bonds is 6. The number of para-hydroxylation sites is 2. The number of hydrogen-bond donors (Lipinski definition) is 2. The van der Waals surface area contributed by atoms with Crippen LogP contribution in [0.1, 0.15) is 12.5 Å². The summed E-state index contributed by atoms with van der Waals surface area (Å²) < 4.78 is 20.2. The topological polar surface area (TPSA) is 51.1 Å². The molecule has 2 N–H and O–H groups in total. The molecule has 0 saturated heterocycles. The predicted octanol–water partition coefficient (Wildman–Crippen LogP) is 4.93. The number of hydrogen-bond acceptors (Lipinski definition) is 3. The SMILES string of the molecule is CCOc1ccccc1NC(=S)Nc1nn(Cc2ccc(F)cc2)cc1Cl. The Hall–Kier alpha value is -2.64. The van der Waals surface area contributed by atoms with Crippen LogP contribution in [0.5, 0.6) is 5.75 Å². The fourth-order valence-electron chi connectivity index (χ4n) is 2.45. The Labute approximate surface area is 167 Å². The maximum Gasteiger partial charge on any atom is 0.176 e. The molecule has 0 unspecified atom stereocenters. The maximum atomic E-state index is 13.0. The van der Waals surface area contributed by atoms with Crippen molar-refractivity contribution >= 4 is 40.4 Å². The summed E-state index contributed by atoms with van der Waals surface area (Å²) in [7, 11) is 0. The molecule has 3 aromatic rings. The second-order valence-electron chi connectivity index (χ2n) is 5.66. The normalized spacial score (nSPS) is 10.5. The van der Waals surface area contributed by atoms with Crippen LogP contribution in [0.4, 0.5) is 15.9 Å². The minimum absolute atomic E-state index is 0.275. The molecule has 5 nitrogen and oxygen atoms in total. The highest BCUT2D eigenvalue weighted by molar-refractivity contribution is 7.80. The number of ether oxygens (including phenoxy) is 1. The van der Waals surface area contributed by atoms with Crippen molar-refractivity contribution in [3.05, 3.63) is 71.1 Å². The predicted molar refractivity (Wildman–Crippen MR) is 110 cm³/mol. The third-order valence-corrected chi connectivity index (χ3v) is 4.12. The zero-order valence-corrected chi connectivity index (χ0v) is 16.1. The smallest absolute Gasteiger partial charge is 0.176 e. The van der Waals surface area contributed by atoms with Crippen molar-refractivity contribution in [3.63, 3.8) is 0 Å². The van der Waals surface area contributed by atoms with E-state index in [1.54, 1.807) is 23.0 Å². The van der Waals surface area contributed by atoms with E-state index in [4.69, 9.17) is 28.6 Å². The first-order chi connectivity index (χ1) is 13.0. The van der Waals surface area contributed by atoms with Crippen molar-refractivity contribution < 1.29 is 9.13 Å². The lowest BCUT2D eigenvalue weighted by Crippen LogP contribution is -2.20. The van der Waals surface area contributed by atoms with Gasteiger partial charge >= 0.3 is 0 Å². The summed E-state index contributed by atoms with van der Waals surface area (Å²) in [5, 5.41) is 11.2. The van der Waals surface area contributed by atoms with Gasteiger partial charge in [-0.3, -0.25) is 4.68 Å². The molecular formula is C19H18ClFN4OS. The summed E-state index contributed by atoms with van der Waals surface area (Å²) in [5.41, 5.74) is 1.66. The summed E-state index contributed by atoms with van der Waals surface area (Å²) >= 11 is 11.6. The number of anilines is 2. The number of aromatic nitrogens is 2. The van der Waals surface area contributed by atoms with Crippen LogP contribution in [0, 0.1) is 5.82 Å². The molecular weight excluding hydrogens is 387 g/mol. The fourth-order valence-corrected chi connectivity index (χ4v) is 2.86. The molecule has 0 radical (unpaired) electrons. The van der Waals surface area contributed by atoms with Gasteiger partial charge in [-0.15, -0.1) is 0 Å². The van der Waals surface area contributed by atoms with Gasteiger partial charge in [-0.25, -0.2) is 4.39 Å². The molecule has 8 heteroatoms. The molecule has 0 bridgehead atoms. The Morgan fingerprint density at radius 3 is 2.67 bits per heavy atom. The highest BCUT2D eigenvalue weighted by atomic mass is 35.5. The van der Waals surface area contributed by atoms with Gasteiger partial charge in [-0.05, 0) is 49.0 Å². The van der Waals surface area contributed by atoms with Crippen LogP contribution < -0.4 is 15.4 Å². The van der Waals surface area contributed by atoms with E-state index in [2.05, 4.69) is 15.7 Å². The lowest BCUT2D eigenvalue weighted by atomic mass is 10.2. The molecule has 0 aliphatic carbocycles. The maximum absolute atomic E-state index is 13.0. The number of halogens is 2. The van der Waals surface area contributed by atoms with Crippen LogP contribution in [0.2, 0.25) is 5.02 Å². The Morgan fingerprint density at radius 1 is 1.19 bits per heavy atom. The summed E-state index contributed by atoms with van der Waals surface area (Å²) in [6.45, 7) is 2.94. The third kappa shape index (κ3) is 5.18. The van der Waals surface area contributed by atoms with E-state index in [-0.39, 0.29) is 5.82 Å².